The summed E-state index contributed by atoms with van der Waals surface area (Å²) in [7, 11) is 8.22. The highest BCUT2D eigenvalue weighted by Gasteiger charge is 2.27. The van der Waals surface area contributed by atoms with Gasteiger partial charge >= 0.3 is 0 Å². The number of benzene rings is 2. The zero-order valence-electron chi connectivity index (χ0n) is 20.4. The van der Waals surface area contributed by atoms with Crippen LogP contribution in [-0.2, 0) is 5.41 Å². The Hall–Kier alpha value is -3.66. The summed E-state index contributed by atoms with van der Waals surface area (Å²) in [4.78, 5) is 14.4. The van der Waals surface area contributed by atoms with E-state index < -0.39 is 0 Å². The fraction of sp³-hybridized carbons (Fsp3) is 0.241. The van der Waals surface area contributed by atoms with E-state index in [-0.39, 0.29) is 5.41 Å². The van der Waals surface area contributed by atoms with Crippen LogP contribution in [0.2, 0.25) is 0 Å². The molecule has 0 N–H and O–H groups in total. The first-order valence-electron chi connectivity index (χ1n) is 11.3. The standard InChI is InChI=1S/C29H32N4/c1-29(2,27-17-9-15-25(30-27)21-11-7-13-23(19-21)32(3)4)28-18-10-16-26(31-28)22-12-8-14-24(20-22)33(5)6/h7-20H,1-6H3. The predicted octanol–water partition coefficient (Wildman–Crippen LogP) is 6.27. The molecule has 0 amide bonds. The summed E-state index contributed by atoms with van der Waals surface area (Å²) < 4.78 is 0. The minimum atomic E-state index is -0.343. The van der Waals surface area contributed by atoms with E-state index in [4.69, 9.17) is 9.97 Å². The van der Waals surface area contributed by atoms with Gasteiger partial charge in [-0.15, -0.1) is 0 Å². The number of rotatable bonds is 6. The normalized spacial score (nSPS) is 11.3. The first-order chi connectivity index (χ1) is 15.8. The van der Waals surface area contributed by atoms with Gasteiger partial charge in [0.05, 0.1) is 22.8 Å². The maximum atomic E-state index is 5.07. The summed E-state index contributed by atoms with van der Waals surface area (Å²) in [5.41, 5.74) is 8.15. The van der Waals surface area contributed by atoms with Crippen LogP contribution in [0.15, 0.2) is 84.9 Å². The van der Waals surface area contributed by atoms with Gasteiger partial charge in [0.25, 0.3) is 0 Å². The van der Waals surface area contributed by atoms with Crippen molar-refractivity contribution in [2.75, 3.05) is 38.0 Å². The molecule has 4 aromatic rings. The smallest absolute Gasteiger partial charge is 0.0706 e. The van der Waals surface area contributed by atoms with Crippen LogP contribution in [0.5, 0.6) is 0 Å². The van der Waals surface area contributed by atoms with Gasteiger partial charge in [0.2, 0.25) is 0 Å². The lowest BCUT2D eigenvalue weighted by molar-refractivity contribution is 0.597. The lowest BCUT2D eigenvalue weighted by atomic mass is 9.84. The summed E-state index contributed by atoms with van der Waals surface area (Å²) in [6, 6.07) is 29.5. The lowest BCUT2D eigenvalue weighted by Crippen LogP contribution is -2.22. The summed E-state index contributed by atoms with van der Waals surface area (Å²) in [6.45, 7) is 4.38. The topological polar surface area (TPSA) is 32.3 Å². The van der Waals surface area contributed by atoms with Crippen LogP contribution in [0.3, 0.4) is 0 Å². The van der Waals surface area contributed by atoms with Crippen LogP contribution in [0.1, 0.15) is 25.2 Å². The molecular weight excluding hydrogens is 404 g/mol. The number of aromatic nitrogens is 2. The first kappa shape index (κ1) is 22.5. The molecule has 4 rings (SSSR count). The van der Waals surface area contributed by atoms with E-state index in [1.54, 1.807) is 0 Å². The van der Waals surface area contributed by atoms with E-state index in [1.165, 1.54) is 0 Å². The zero-order chi connectivity index (χ0) is 23.6. The molecule has 0 bridgehead atoms. The second-order valence-corrected chi connectivity index (χ2v) is 9.33. The SMILES string of the molecule is CN(C)c1cccc(-c2cccc(C(C)(C)c3cccc(-c4cccc(N(C)C)c4)n3)n2)c1. The van der Waals surface area contributed by atoms with Crippen LogP contribution in [0.4, 0.5) is 11.4 Å². The molecule has 0 aliphatic carbocycles. The van der Waals surface area contributed by atoms with Crippen LogP contribution in [-0.4, -0.2) is 38.2 Å². The third-order valence-corrected chi connectivity index (χ3v) is 6.10. The number of anilines is 2. The van der Waals surface area contributed by atoms with Gasteiger partial charge in [0, 0.05) is 56.1 Å². The van der Waals surface area contributed by atoms with Gasteiger partial charge in [-0.25, -0.2) is 0 Å². The third-order valence-electron chi connectivity index (χ3n) is 6.10. The highest BCUT2D eigenvalue weighted by atomic mass is 15.1. The van der Waals surface area contributed by atoms with Crippen LogP contribution >= 0.6 is 0 Å². The molecule has 2 heterocycles. The zero-order valence-corrected chi connectivity index (χ0v) is 20.4. The van der Waals surface area contributed by atoms with Gasteiger partial charge < -0.3 is 9.80 Å². The highest BCUT2D eigenvalue weighted by molar-refractivity contribution is 5.67. The quantitative estimate of drug-likeness (QED) is 0.357. The summed E-state index contributed by atoms with van der Waals surface area (Å²) in [6.07, 6.45) is 0. The van der Waals surface area contributed by atoms with Crippen LogP contribution < -0.4 is 9.80 Å². The van der Waals surface area contributed by atoms with Crippen molar-refractivity contribution in [2.45, 2.75) is 19.3 Å². The fourth-order valence-corrected chi connectivity index (χ4v) is 3.91. The molecule has 0 unspecified atom stereocenters. The van der Waals surface area contributed by atoms with E-state index in [0.717, 1.165) is 45.3 Å². The van der Waals surface area contributed by atoms with Crippen molar-refractivity contribution in [3.05, 3.63) is 96.3 Å². The van der Waals surface area contributed by atoms with Gasteiger partial charge in [-0.2, -0.15) is 0 Å². The molecular formula is C29H32N4. The Morgan fingerprint density at radius 2 is 0.939 bits per heavy atom. The first-order valence-corrected chi connectivity index (χ1v) is 11.3. The monoisotopic (exact) mass is 436 g/mol. The van der Waals surface area contributed by atoms with Crippen molar-refractivity contribution in [1.29, 1.82) is 0 Å². The van der Waals surface area contributed by atoms with Gasteiger partial charge in [0.15, 0.2) is 0 Å². The van der Waals surface area contributed by atoms with Crippen LogP contribution in [0.25, 0.3) is 22.5 Å². The van der Waals surface area contributed by atoms with E-state index >= 15 is 0 Å². The molecule has 33 heavy (non-hydrogen) atoms. The predicted molar refractivity (Wildman–Crippen MR) is 140 cm³/mol. The molecule has 0 fully saturated rings. The van der Waals surface area contributed by atoms with Gasteiger partial charge in [-0.05, 0) is 62.4 Å². The van der Waals surface area contributed by atoms with Crippen molar-refractivity contribution in [3.63, 3.8) is 0 Å². The molecule has 0 aliphatic rings. The number of pyridine rings is 2. The van der Waals surface area contributed by atoms with Crippen molar-refractivity contribution in [3.8, 4) is 22.5 Å². The summed E-state index contributed by atoms with van der Waals surface area (Å²) in [5.74, 6) is 0. The molecule has 0 atom stereocenters. The highest BCUT2D eigenvalue weighted by Crippen LogP contribution is 2.33. The van der Waals surface area contributed by atoms with Crippen molar-refractivity contribution in [1.82, 2.24) is 9.97 Å². The molecule has 2 aromatic heterocycles. The minimum absolute atomic E-state index is 0.343. The number of hydrogen-bond acceptors (Lipinski definition) is 4. The molecule has 0 spiro atoms. The Kier molecular flexibility index (Phi) is 6.19. The van der Waals surface area contributed by atoms with Gasteiger partial charge in [0.1, 0.15) is 0 Å². The Balaban J connectivity index is 1.71. The molecule has 0 saturated heterocycles. The second kappa shape index (κ2) is 9.07. The Bertz CT molecular complexity index is 1160. The van der Waals surface area contributed by atoms with Gasteiger partial charge in [-0.1, -0.05) is 36.4 Å². The maximum absolute atomic E-state index is 5.07. The largest absolute Gasteiger partial charge is 0.378 e. The minimum Gasteiger partial charge on any atom is -0.378 e. The Morgan fingerprint density at radius 1 is 0.545 bits per heavy atom. The molecule has 4 nitrogen and oxygen atoms in total. The van der Waals surface area contributed by atoms with Crippen molar-refractivity contribution < 1.29 is 0 Å². The summed E-state index contributed by atoms with van der Waals surface area (Å²) >= 11 is 0. The molecule has 4 heteroatoms. The number of nitrogens with zero attached hydrogens (tertiary/aromatic N) is 4. The molecule has 168 valence electrons. The summed E-state index contributed by atoms with van der Waals surface area (Å²) in [5, 5.41) is 0. The van der Waals surface area contributed by atoms with Crippen LogP contribution in [0, 0.1) is 0 Å². The van der Waals surface area contributed by atoms with Crippen molar-refractivity contribution in [2.24, 2.45) is 0 Å². The Morgan fingerprint density at radius 3 is 1.33 bits per heavy atom. The fourth-order valence-electron chi connectivity index (χ4n) is 3.91. The molecule has 0 saturated carbocycles. The Labute approximate surface area is 197 Å². The third kappa shape index (κ3) is 4.75. The van der Waals surface area contributed by atoms with E-state index in [9.17, 15) is 0 Å². The van der Waals surface area contributed by atoms with E-state index in [1.807, 2.05) is 0 Å². The maximum Gasteiger partial charge on any atom is 0.0706 e. The number of hydrogen-bond donors (Lipinski definition) is 0. The molecule has 0 radical (unpaired) electrons. The van der Waals surface area contributed by atoms with Gasteiger partial charge in [-0.3, -0.25) is 9.97 Å². The van der Waals surface area contributed by atoms with E-state index in [2.05, 4.69) is 137 Å². The average Bonchev–Trinajstić information content (AvgIpc) is 2.84. The van der Waals surface area contributed by atoms with Crippen molar-refractivity contribution >= 4 is 11.4 Å². The molecule has 2 aromatic carbocycles. The second-order valence-electron chi connectivity index (χ2n) is 9.33. The lowest BCUT2D eigenvalue weighted by Gasteiger charge is -2.25. The average molecular weight is 437 g/mol. The van der Waals surface area contributed by atoms with E-state index in [0.29, 0.717) is 0 Å². The molecule has 0 aliphatic heterocycles.